The molecule has 2 rings (SSSR count). The van der Waals surface area contributed by atoms with Crippen LogP contribution in [0.2, 0.25) is 5.02 Å². The highest BCUT2D eigenvalue weighted by Gasteiger charge is 2.04. The van der Waals surface area contributed by atoms with Crippen molar-refractivity contribution < 1.29 is 9.47 Å². The molecule has 0 aromatic heterocycles. The first-order chi connectivity index (χ1) is 8.69. The van der Waals surface area contributed by atoms with Crippen LogP contribution >= 0.6 is 11.6 Å². The van der Waals surface area contributed by atoms with E-state index < -0.39 is 0 Å². The summed E-state index contributed by atoms with van der Waals surface area (Å²) < 4.78 is 11.0. The molecule has 0 aliphatic rings. The minimum absolute atomic E-state index is 0.497. The zero-order valence-corrected chi connectivity index (χ0v) is 11.2. The summed E-state index contributed by atoms with van der Waals surface area (Å²) >= 11 is 5.83. The molecule has 2 nitrogen and oxygen atoms in total. The molecule has 0 heterocycles. The van der Waals surface area contributed by atoms with Crippen LogP contribution in [0.3, 0.4) is 0 Å². The Morgan fingerprint density at radius 3 is 2.39 bits per heavy atom. The van der Waals surface area contributed by atoms with E-state index in [0.717, 1.165) is 27.6 Å². The number of ether oxygens (including phenoxy) is 2. The van der Waals surface area contributed by atoms with Crippen molar-refractivity contribution in [3.63, 3.8) is 0 Å². The summed E-state index contributed by atoms with van der Waals surface area (Å²) in [6.45, 7) is 2.52. The largest absolute Gasteiger partial charge is 0.493 e. The van der Waals surface area contributed by atoms with E-state index >= 15 is 0 Å². The molecule has 0 spiro atoms. The molecule has 3 heteroatoms. The van der Waals surface area contributed by atoms with Crippen molar-refractivity contribution in [3.05, 3.63) is 58.6 Å². The predicted molar refractivity (Wildman–Crippen MR) is 73.5 cm³/mol. The summed E-state index contributed by atoms with van der Waals surface area (Å²) in [6, 6.07) is 13.5. The monoisotopic (exact) mass is 262 g/mol. The zero-order valence-electron chi connectivity index (χ0n) is 10.4. The molecule has 0 fully saturated rings. The maximum absolute atomic E-state index is 5.83. The van der Waals surface area contributed by atoms with Gasteiger partial charge in [-0.05, 0) is 42.3 Å². The van der Waals surface area contributed by atoms with Crippen LogP contribution in [0.1, 0.15) is 11.1 Å². The van der Waals surface area contributed by atoms with E-state index in [-0.39, 0.29) is 0 Å². The molecule has 0 N–H and O–H groups in total. The normalized spacial score (nSPS) is 10.2. The van der Waals surface area contributed by atoms with Crippen LogP contribution in [0, 0.1) is 6.92 Å². The van der Waals surface area contributed by atoms with E-state index in [9.17, 15) is 0 Å². The number of hydrogen-bond donors (Lipinski definition) is 0. The third-order valence-electron chi connectivity index (χ3n) is 2.63. The molecular weight excluding hydrogens is 248 g/mol. The highest BCUT2D eigenvalue weighted by molar-refractivity contribution is 6.30. The van der Waals surface area contributed by atoms with Crippen LogP contribution in [0.25, 0.3) is 0 Å². The molecule has 0 bridgehead atoms. The SMILES string of the molecule is COc1cc(C)ccc1OCc1ccc(Cl)cc1. The first-order valence-corrected chi connectivity index (χ1v) is 6.09. The van der Waals surface area contributed by atoms with Crippen LogP contribution in [0.15, 0.2) is 42.5 Å². The lowest BCUT2D eigenvalue weighted by Crippen LogP contribution is -1.97. The lowest BCUT2D eigenvalue weighted by atomic mass is 10.2. The second kappa shape index (κ2) is 5.78. The number of halogens is 1. The number of rotatable bonds is 4. The van der Waals surface area contributed by atoms with E-state index in [0.29, 0.717) is 6.61 Å². The van der Waals surface area contributed by atoms with Crippen LogP contribution < -0.4 is 9.47 Å². The lowest BCUT2D eigenvalue weighted by Gasteiger charge is -2.11. The molecule has 2 aromatic carbocycles. The van der Waals surface area contributed by atoms with Gasteiger partial charge < -0.3 is 9.47 Å². The number of methoxy groups -OCH3 is 1. The topological polar surface area (TPSA) is 18.5 Å². The molecule has 0 unspecified atom stereocenters. The summed E-state index contributed by atoms with van der Waals surface area (Å²) in [5, 5.41) is 0.728. The fourth-order valence-corrected chi connectivity index (χ4v) is 1.76. The zero-order chi connectivity index (χ0) is 13.0. The summed E-state index contributed by atoms with van der Waals surface area (Å²) in [5.74, 6) is 1.50. The Kier molecular flexibility index (Phi) is 4.11. The Labute approximate surface area is 112 Å². The van der Waals surface area contributed by atoms with Gasteiger partial charge in [0.15, 0.2) is 11.5 Å². The second-order valence-electron chi connectivity index (χ2n) is 4.07. The van der Waals surface area contributed by atoms with Gasteiger partial charge in [0.2, 0.25) is 0 Å². The lowest BCUT2D eigenvalue weighted by molar-refractivity contribution is 0.284. The van der Waals surface area contributed by atoms with Crippen molar-refractivity contribution in [3.8, 4) is 11.5 Å². The van der Waals surface area contributed by atoms with Gasteiger partial charge in [-0.15, -0.1) is 0 Å². The molecule has 0 aliphatic carbocycles. The van der Waals surface area contributed by atoms with Gasteiger partial charge in [0.05, 0.1) is 7.11 Å². The van der Waals surface area contributed by atoms with Crippen molar-refractivity contribution >= 4 is 11.6 Å². The first-order valence-electron chi connectivity index (χ1n) is 5.71. The Morgan fingerprint density at radius 2 is 1.72 bits per heavy atom. The van der Waals surface area contributed by atoms with Crippen LogP contribution in [0.5, 0.6) is 11.5 Å². The number of benzene rings is 2. The standard InChI is InChI=1S/C15H15ClO2/c1-11-3-8-14(15(9-11)17-2)18-10-12-4-6-13(16)7-5-12/h3-9H,10H2,1-2H3. The van der Waals surface area contributed by atoms with E-state index in [1.807, 2.05) is 49.4 Å². The van der Waals surface area contributed by atoms with E-state index in [1.165, 1.54) is 0 Å². The first kappa shape index (κ1) is 12.8. The van der Waals surface area contributed by atoms with Gasteiger partial charge in [-0.3, -0.25) is 0 Å². The quantitative estimate of drug-likeness (QED) is 0.821. The third kappa shape index (κ3) is 3.17. The van der Waals surface area contributed by atoms with E-state index in [1.54, 1.807) is 7.11 Å². The molecule has 0 aliphatic heterocycles. The predicted octanol–water partition coefficient (Wildman–Crippen LogP) is 4.24. The van der Waals surface area contributed by atoms with Crippen LogP contribution in [-0.4, -0.2) is 7.11 Å². The van der Waals surface area contributed by atoms with Crippen molar-refractivity contribution in [2.75, 3.05) is 7.11 Å². The van der Waals surface area contributed by atoms with E-state index in [2.05, 4.69) is 0 Å². The Morgan fingerprint density at radius 1 is 1.00 bits per heavy atom. The van der Waals surface area contributed by atoms with Crippen molar-refractivity contribution in [2.45, 2.75) is 13.5 Å². The van der Waals surface area contributed by atoms with Crippen LogP contribution in [0.4, 0.5) is 0 Å². The molecule has 2 aromatic rings. The maximum Gasteiger partial charge on any atom is 0.161 e. The minimum Gasteiger partial charge on any atom is -0.493 e. The van der Waals surface area contributed by atoms with Crippen molar-refractivity contribution in [2.24, 2.45) is 0 Å². The molecule has 94 valence electrons. The average Bonchev–Trinajstić information content (AvgIpc) is 2.39. The molecule has 0 radical (unpaired) electrons. The Balaban J connectivity index is 2.08. The summed E-state index contributed by atoms with van der Waals surface area (Å²) in [6.07, 6.45) is 0. The van der Waals surface area contributed by atoms with Crippen molar-refractivity contribution in [1.82, 2.24) is 0 Å². The van der Waals surface area contributed by atoms with Gasteiger partial charge in [-0.25, -0.2) is 0 Å². The third-order valence-corrected chi connectivity index (χ3v) is 2.88. The van der Waals surface area contributed by atoms with Gasteiger partial charge in [-0.1, -0.05) is 29.8 Å². The fraction of sp³-hybridized carbons (Fsp3) is 0.200. The van der Waals surface area contributed by atoms with Crippen molar-refractivity contribution in [1.29, 1.82) is 0 Å². The fourth-order valence-electron chi connectivity index (χ4n) is 1.64. The Bertz CT molecular complexity index is 521. The minimum atomic E-state index is 0.497. The number of hydrogen-bond acceptors (Lipinski definition) is 2. The Hall–Kier alpha value is -1.67. The molecule has 0 amide bonds. The van der Waals surface area contributed by atoms with Crippen LogP contribution in [-0.2, 0) is 6.61 Å². The molecule has 0 atom stereocenters. The van der Waals surface area contributed by atoms with Gasteiger partial charge >= 0.3 is 0 Å². The smallest absolute Gasteiger partial charge is 0.161 e. The molecule has 0 saturated heterocycles. The van der Waals surface area contributed by atoms with E-state index in [4.69, 9.17) is 21.1 Å². The summed E-state index contributed by atoms with van der Waals surface area (Å²) in [5.41, 5.74) is 2.22. The molecule has 0 saturated carbocycles. The van der Waals surface area contributed by atoms with Gasteiger partial charge in [0, 0.05) is 5.02 Å². The highest BCUT2D eigenvalue weighted by Crippen LogP contribution is 2.28. The van der Waals surface area contributed by atoms with Gasteiger partial charge in [-0.2, -0.15) is 0 Å². The average molecular weight is 263 g/mol. The maximum atomic E-state index is 5.83. The number of aryl methyl sites for hydroxylation is 1. The van der Waals surface area contributed by atoms with Gasteiger partial charge in [0.25, 0.3) is 0 Å². The molecular formula is C15H15ClO2. The second-order valence-corrected chi connectivity index (χ2v) is 4.51. The molecule has 18 heavy (non-hydrogen) atoms. The summed E-state index contributed by atoms with van der Waals surface area (Å²) in [7, 11) is 1.64. The summed E-state index contributed by atoms with van der Waals surface area (Å²) in [4.78, 5) is 0. The van der Waals surface area contributed by atoms with Gasteiger partial charge in [0.1, 0.15) is 6.61 Å². The highest BCUT2D eigenvalue weighted by atomic mass is 35.5.